The van der Waals surface area contributed by atoms with Gasteiger partial charge in [-0.2, -0.15) is 4.31 Å². The van der Waals surface area contributed by atoms with E-state index < -0.39 is 10.0 Å². The van der Waals surface area contributed by atoms with Crippen LogP contribution in [0.2, 0.25) is 0 Å². The van der Waals surface area contributed by atoms with E-state index in [-0.39, 0.29) is 5.91 Å². The lowest BCUT2D eigenvalue weighted by molar-refractivity contribution is 0.0305. The molecule has 4 rings (SSSR count). The Bertz CT molecular complexity index is 1090. The molecule has 0 N–H and O–H groups in total. The molecule has 4 heterocycles. The van der Waals surface area contributed by atoms with Gasteiger partial charge in [0.2, 0.25) is 10.0 Å². The highest BCUT2D eigenvalue weighted by Gasteiger charge is 2.32. The fraction of sp³-hybridized carbons (Fsp3) is 0.619. The van der Waals surface area contributed by atoms with Crippen molar-refractivity contribution in [3.8, 4) is 10.7 Å². The van der Waals surface area contributed by atoms with Crippen molar-refractivity contribution in [2.45, 2.75) is 25.7 Å². The van der Waals surface area contributed by atoms with Crippen LogP contribution in [0.4, 0.5) is 0 Å². The van der Waals surface area contributed by atoms with Crippen LogP contribution in [0, 0.1) is 13.8 Å². The third-order valence-corrected chi connectivity index (χ3v) is 9.58. The van der Waals surface area contributed by atoms with E-state index >= 15 is 0 Å². The van der Waals surface area contributed by atoms with Gasteiger partial charge in [-0.25, -0.2) is 13.4 Å². The summed E-state index contributed by atoms with van der Waals surface area (Å²) in [4.78, 5) is 22.5. The Hall–Kier alpha value is -1.79. The molecular formula is C21H31N5O4S2. The first-order chi connectivity index (χ1) is 15.2. The number of carbonyl (C=O) groups excluding carboxylic acids is 1. The Morgan fingerprint density at radius 3 is 2.41 bits per heavy atom. The highest BCUT2D eigenvalue weighted by Crippen LogP contribution is 2.34. The van der Waals surface area contributed by atoms with Gasteiger partial charge in [-0.05, 0) is 26.5 Å². The molecular weight excluding hydrogens is 450 g/mol. The van der Waals surface area contributed by atoms with Crippen molar-refractivity contribution >= 4 is 27.3 Å². The van der Waals surface area contributed by atoms with Gasteiger partial charge >= 0.3 is 0 Å². The normalized spacial score (nSPS) is 18.9. The van der Waals surface area contributed by atoms with Gasteiger partial charge in [-0.15, -0.1) is 11.3 Å². The quantitative estimate of drug-likeness (QED) is 0.644. The van der Waals surface area contributed by atoms with Crippen LogP contribution in [0.3, 0.4) is 0 Å². The summed E-state index contributed by atoms with van der Waals surface area (Å²) in [6.07, 6.45) is 0. The minimum atomic E-state index is -3.60. The standard InChI is InChI=1S/C21H31N5O4S2/c1-5-24-6-8-26(9-7-24)32(28,29)18-14-17(23(4)16(18)3)20-22-15(2)19(31-20)21(27)25-10-12-30-13-11-25/h14H,5-13H2,1-4H3. The number of carbonyl (C=O) groups is 1. The summed E-state index contributed by atoms with van der Waals surface area (Å²) in [7, 11) is -1.75. The molecule has 9 nitrogen and oxygen atoms in total. The highest BCUT2D eigenvalue weighted by atomic mass is 32.2. The SMILES string of the molecule is CCN1CCN(S(=O)(=O)c2cc(-c3nc(C)c(C(=O)N4CCOCC4)s3)n(C)c2C)CC1. The predicted molar refractivity (Wildman–Crippen MR) is 124 cm³/mol. The fourth-order valence-electron chi connectivity index (χ4n) is 4.18. The number of thiazole rings is 1. The van der Waals surface area contributed by atoms with Crippen LogP contribution in [0.15, 0.2) is 11.0 Å². The van der Waals surface area contributed by atoms with Gasteiger partial charge in [0.1, 0.15) is 14.8 Å². The summed E-state index contributed by atoms with van der Waals surface area (Å²) >= 11 is 1.32. The molecule has 2 aliphatic rings. The van der Waals surface area contributed by atoms with Crippen LogP contribution in [0.25, 0.3) is 10.7 Å². The second-order valence-corrected chi connectivity index (χ2v) is 11.1. The lowest BCUT2D eigenvalue weighted by atomic mass is 10.3. The molecule has 0 aromatic carbocycles. The smallest absolute Gasteiger partial charge is 0.266 e. The molecule has 0 aliphatic carbocycles. The number of amides is 1. The van der Waals surface area contributed by atoms with Crippen LogP contribution in [0.5, 0.6) is 0 Å². The second kappa shape index (κ2) is 9.22. The summed E-state index contributed by atoms with van der Waals surface area (Å²) in [5.74, 6) is -0.0397. The molecule has 2 aromatic rings. The predicted octanol–water partition coefficient (Wildman–Crippen LogP) is 1.56. The molecule has 32 heavy (non-hydrogen) atoms. The van der Waals surface area contributed by atoms with Crippen LogP contribution < -0.4 is 0 Å². The summed E-state index contributed by atoms with van der Waals surface area (Å²) in [6, 6.07) is 1.71. The number of piperazine rings is 1. The molecule has 1 amide bonds. The summed E-state index contributed by atoms with van der Waals surface area (Å²) in [6.45, 7) is 11.4. The number of likely N-dealkylation sites (N-methyl/N-ethyl adjacent to an activating group) is 1. The summed E-state index contributed by atoms with van der Waals surface area (Å²) in [5, 5.41) is 0.655. The van der Waals surface area contributed by atoms with E-state index in [9.17, 15) is 13.2 Å². The zero-order valence-corrected chi connectivity index (χ0v) is 20.8. The van der Waals surface area contributed by atoms with Gasteiger partial charge in [0.25, 0.3) is 5.91 Å². The van der Waals surface area contributed by atoms with Crippen molar-refractivity contribution in [1.82, 2.24) is 23.7 Å². The number of rotatable bonds is 5. The monoisotopic (exact) mass is 481 g/mol. The Kier molecular flexibility index (Phi) is 6.73. The molecule has 2 fully saturated rings. The van der Waals surface area contributed by atoms with E-state index in [4.69, 9.17) is 4.74 Å². The molecule has 0 bridgehead atoms. The van der Waals surface area contributed by atoms with Gasteiger partial charge in [-0.1, -0.05) is 6.92 Å². The van der Waals surface area contributed by atoms with Gasteiger partial charge in [0, 0.05) is 52.0 Å². The first-order valence-electron chi connectivity index (χ1n) is 11.0. The van der Waals surface area contributed by atoms with E-state index in [1.165, 1.54) is 11.3 Å². The third kappa shape index (κ3) is 4.24. The number of ether oxygens (including phenoxy) is 1. The van der Waals surface area contributed by atoms with Gasteiger partial charge in [0.05, 0.1) is 24.6 Å². The minimum absolute atomic E-state index is 0.0397. The molecule has 2 saturated heterocycles. The molecule has 2 aromatic heterocycles. The van der Waals surface area contributed by atoms with Crippen molar-refractivity contribution in [2.24, 2.45) is 7.05 Å². The van der Waals surface area contributed by atoms with E-state index in [2.05, 4.69) is 16.8 Å². The number of nitrogens with zero attached hydrogens (tertiary/aromatic N) is 5. The first-order valence-corrected chi connectivity index (χ1v) is 13.2. The van der Waals surface area contributed by atoms with Gasteiger partial charge < -0.3 is 19.1 Å². The minimum Gasteiger partial charge on any atom is -0.378 e. The third-order valence-electron chi connectivity index (χ3n) is 6.39. The molecule has 0 unspecified atom stereocenters. The maximum Gasteiger partial charge on any atom is 0.266 e. The number of aromatic nitrogens is 2. The summed E-state index contributed by atoms with van der Waals surface area (Å²) < 4.78 is 35.6. The van der Waals surface area contributed by atoms with Crippen LogP contribution in [-0.4, -0.2) is 97.0 Å². The molecule has 0 saturated carbocycles. The molecule has 0 atom stereocenters. The van der Waals surface area contributed by atoms with E-state index in [0.717, 1.165) is 19.6 Å². The maximum absolute atomic E-state index is 13.4. The van der Waals surface area contributed by atoms with Crippen LogP contribution >= 0.6 is 11.3 Å². The Balaban J connectivity index is 1.62. The van der Waals surface area contributed by atoms with Crippen LogP contribution in [0.1, 0.15) is 28.0 Å². The van der Waals surface area contributed by atoms with Crippen molar-refractivity contribution < 1.29 is 17.9 Å². The molecule has 176 valence electrons. The topological polar surface area (TPSA) is 88.0 Å². The lowest BCUT2D eigenvalue weighted by Crippen LogP contribution is -2.48. The van der Waals surface area contributed by atoms with Gasteiger partial charge in [-0.3, -0.25) is 4.79 Å². The zero-order chi connectivity index (χ0) is 23.0. The second-order valence-electron chi connectivity index (χ2n) is 8.21. The Morgan fingerprint density at radius 2 is 1.78 bits per heavy atom. The Labute approximate surface area is 193 Å². The number of morpholine rings is 1. The molecule has 11 heteroatoms. The average molecular weight is 482 g/mol. The van der Waals surface area contributed by atoms with Crippen molar-refractivity contribution in [3.05, 3.63) is 22.3 Å². The van der Waals surface area contributed by atoms with Gasteiger partial charge in [0.15, 0.2) is 0 Å². The maximum atomic E-state index is 13.4. The van der Waals surface area contributed by atoms with E-state index in [0.29, 0.717) is 71.3 Å². The molecule has 0 radical (unpaired) electrons. The average Bonchev–Trinajstić information content (AvgIpc) is 3.33. The molecule has 0 spiro atoms. The number of hydrogen-bond donors (Lipinski definition) is 0. The van der Waals surface area contributed by atoms with Crippen molar-refractivity contribution in [1.29, 1.82) is 0 Å². The number of sulfonamides is 1. The largest absolute Gasteiger partial charge is 0.378 e. The number of aryl methyl sites for hydroxylation is 1. The van der Waals surface area contributed by atoms with Crippen LogP contribution in [-0.2, 0) is 21.8 Å². The molecule has 2 aliphatic heterocycles. The van der Waals surface area contributed by atoms with E-state index in [1.807, 2.05) is 25.5 Å². The Morgan fingerprint density at radius 1 is 1.12 bits per heavy atom. The first kappa shape index (κ1) is 23.4. The van der Waals surface area contributed by atoms with Crippen molar-refractivity contribution in [2.75, 3.05) is 59.0 Å². The zero-order valence-electron chi connectivity index (χ0n) is 19.1. The summed E-state index contributed by atoms with van der Waals surface area (Å²) in [5.41, 5.74) is 2.05. The lowest BCUT2D eigenvalue weighted by Gasteiger charge is -2.33. The highest BCUT2D eigenvalue weighted by molar-refractivity contribution is 7.89. The number of hydrogen-bond acceptors (Lipinski definition) is 7. The van der Waals surface area contributed by atoms with E-state index in [1.54, 1.807) is 15.3 Å². The van der Waals surface area contributed by atoms with Crippen molar-refractivity contribution in [3.63, 3.8) is 0 Å². The fourth-order valence-corrected chi connectivity index (χ4v) is 6.96.